The third-order valence-electron chi connectivity index (χ3n) is 6.29. The lowest BCUT2D eigenvalue weighted by Gasteiger charge is -2.08. The Hall–Kier alpha value is -4.76. The van der Waals surface area contributed by atoms with Crippen molar-refractivity contribution in [3.05, 3.63) is 106 Å². The van der Waals surface area contributed by atoms with Crippen molar-refractivity contribution in [2.24, 2.45) is 5.92 Å². The van der Waals surface area contributed by atoms with Crippen LogP contribution in [0.15, 0.2) is 89.9 Å². The van der Waals surface area contributed by atoms with Crippen LogP contribution in [0.2, 0.25) is 0 Å². The van der Waals surface area contributed by atoms with E-state index in [4.69, 9.17) is 14.6 Å². The Morgan fingerprint density at radius 1 is 0.900 bits per heavy atom. The van der Waals surface area contributed by atoms with Gasteiger partial charge < -0.3 is 9.47 Å². The first kappa shape index (κ1) is 25.5. The van der Waals surface area contributed by atoms with Gasteiger partial charge >= 0.3 is 0 Å². The maximum absolute atomic E-state index is 13.4. The van der Waals surface area contributed by atoms with E-state index in [1.807, 2.05) is 95.8 Å². The van der Waals surface area contributed by atoms with Gasteiger partial charge in [0.05, 0.1) is 23.9 Å². The second-order valence-electron chi connectivity index (χ2n) is 9.72. The quantitative estimate of drug-likeness (QED) is 0.258. The summed E-state index contributed by atoms with van der Waals surface area (Å²) in [5, 5.41) is 9.37. The Morgan fingerprint density at radius 2 is 1.60 bits per heavy atom. The molecule has 6 aromatic rings. The lowest BCUT2D eigenvalue weighted by Crippen LogP contribution is -2.23. The summed E-state index contributed by atoms with van der Waals surface area (Å²) in [6.45, 7) is 4.87. The van der Waals surface area contributed by atoms with Gasteiger partial charge in [0.15, 0.2) is 5.82 Å². The molecule has 0 N–H and O–H groups in total. The van der Waals surface area contributed by atoms with E-state index < -0.39 is 0 Å². The SMILES string of the molecule is COc1ccc(-c2nn(-c3ccccc3)cc2C=c2sc3nc(-c4ccc(OCC(C)C)cc4)nn3c2=O)cc1. The maximum Gasteiger partial charge on any atom is 0.291 e. The minimum Gasteiger partial charge on any atom is -0.497 e. The summed E-state index contributed by atoms with van der Waals surface area (Å²) >= 11 is 1.30. The van der Waals surface area contributed by atoms with Crippen molar-refractivity contribution < 1.29 is 9.47 Å². The second kappa shape index (κ2) is 10.8. The van der Waals surface area contributed by atoms with Gasteiger partial charge in [-0.05, 0) is 72.7 Å². The molecule has 6 rings (SSSR count). The average molecular weight is 550 g/mol. The summed E-state index contributed by atoms with van der Waals surface area (Å²) in [5.74, 6) is 2.50. The summed E-state index contributed by atoms with van der Waals surface area (Å²) in [6.07, 6.45) is 3.79. The number of aromatic nitrogens is 5. The third-order valence-corrected chi connectivity index (χ3v) is 7.25. The van der Waals surface area contributed by atoms with Crippen LogP contribution in [0, 0.1) is 5.92 Å². The molecule has 0 amide bonds. The fourth-order valence-corrected chi connectivity index (χ4v) is 5.14. The van der Waals surface area contributed by atoms with Crippen LogP contribution in [0.5, 0.6) is 11.5 Å². The number of ether oxygens (including phenoxy) is 2. The van der Waals surface area contributed by atoms with E-state index in [0.717, 1.165) is 39.6 Å². The van der Waals surface area contributed by atoms with Crippen LogP contribution in [-0.2, 0) is 0 Å². The van der Waals surface area contributed by atoms with Crippen LogP contribution in [0.1, 0.15) is 19.4 Å². The van der Waals surface area contributed by atoms with Crippen molar-refractivity contribution in [2.75, 3.05) is 13.7 Å². The van der Waals surface area contributed by atoms with Crippen LogP contribution >= 0.6 is 11.3 Å². The van der Waals surface area contributed by atoms with Crippen molar-refractivity contribution in [1.29, 1.82) is 0 Å². The van der Waals surface area contributed by atoms with Gasteiger partial charge in [-0.3, -0.25) is 4.79 Å². The van der Waals surface area contributed by atoms with Crippen LogP contribution < -0.4 is 19.6 Å². The monoisotopic (exact) mass is 549 g/mol. The molecular formula is C31H27N5O3S. The molecule has 0 aliphatic rings. The van der Waals surface area contributed by atoms with Crippen molar-refractivity contribution in [2.45, 2.75) is 13.8 Å². The zero-order valence-corrected chi connectivity index (χ0v) is 23.1. The summed E-state index contributed by atoms with van der Waals surface area (Å²) in [6, 6.07) is 25.2. The zero-order chi connectivity index (χ0) is 27.6. The first-order valence-corrected chi connectivity index (χ1v) is 13.7. The van der Waals surface area contributed by atoms with Gasteiger partial charge in [0.1, 0.15) is 17.2 Å². The summed E-state index contributed by atoms with van der Waals surface area (Å²) in [4.78, 5) is 18.5. The van der Waals surface area contributed by atoms with E-state index in [1.165, 1.54) is 15.9 Å². The molecule has 0 spiro atoms. The number of hydrogen-bond acceptors (Lipinski definition) is 7. The Morgan fingerprint density at radius 3 is 2.27 bits per heavy atom. The van der Waals surface area contributed by atoms with E-state index in [9.17, 15) is 4.79 Å². The van der Waals surface area contributed by atoms with Gasteiger partial charge in [-0.25, -0.2) is 4.68 Å². The fourth-order valence-electron chi connectivity index (χ4n) is 4.24. The van der Waals surface area contributed by atoms with Crippen molar-refractivity contribution in [1.82, 2.24) is 24.4 Å². The van der Waals surface area contributed by atoms with Crippen molar-refractivity contribution >= 4 is 22.4 Å². The van der Waals surface area contributed by atoms with E-state index >= 15 is 0 Å². The van der Waals surface area contributed by atoms with Gasteiger partial charge in [0.25, 0.3) is 5.56 Å². The first-order chi connectivity index (χ1) is 19.5. The predicted octanol–water partition coefficient (Wildman–Crippen LogP) is 5.26. The van der Waals surface area contributed by atoms with Crippen molar-refractivity contribution in [3.8, 4) is 39.8 Å². The molecule has 3 aromatic carbocycles. The van der Waals surface area contributed by atoms with E-state index in [1.54, 1.807) is 7.11 Å². The highest BCUT2D eigenvalue weighted by atomic mass is 32.1. The summed E-state index contributed by atoms with van der Waals surface area (Å²) in [7, 11) is 1.64. The molecule has 3 heterocycles. The standard InChI is InChI=1S/C31H27N5O3S/c1-20(2)19-39-26-15-11-22(12-16-26)29-32-31-36(34-29)30(37)27(40-31)17-23-18-35(24-7-5-4-6-8-24)33-28(23)21-9-13-25(38-3)14-10-21/h4-18,20H,19H2,1-3H3. The van der Waals surface area contributed by atoms with E-state index in [-0.39, 0.29) is 5.56 Å². The Labute approximate surface area is 234 Å². The van der Waals surface area contributed by atoms with Crippen LogP contribution in [0.25, 0.3) is 39.4 Å². The minimum absolute atomic E-state index is 0.219. The number of methoxy groups -OCH3 is 1. The molecule has 200 valence electrons. The van der Waals surface area contributed by atoms with E-state index in [2.05, 4.69) is 23.9 Å². The summed E-state index contributed by atoms with van der Waals surface area (Å²) < 4.78 is 14.8. The molecule has 8 nitrogen and oxygen atoms in total. The molecule has 0 atom stereocenters. The molecule has 0 fully saturated rings. The lowest BCUT2D eigenvalue weighted by atomic mass is 10.1. The van der Waals surface area contributed by atoms with Crippen LogP contribution in [-0.4, -0.2) is 38.1 Å². The topological polar surface area (TPSA) is 83.5 Å². The number of fused-ring (bicyclic) bond motifs is 1. The first-order valence-electron chi connectivity index (χ1n) is 12.9. The molecule has 40 heavy (non-hydrogen) atoms. The smallest absolute Gasteiger partial charge is 0.291 e. The Kier molecular flexibility index (Phi) is 6.88. The zero-order valence-electron chi connectivity index (χ0n) is 22.3. The third kappa shape index (κ3) is 5.11. The average Bonchev–Trinajstić information content (AvgIpc) is 3.68. The molecule has 0 aliphatic heterocycles. The number of benzene rings is 3. The minimum atomic E-state index is -0.219. The van der Waals surface area contributed by atoms with Gasteiger partial charge in [-0.15, -0.1) is 5.10 Å². The highest BCUT2D eigenvalue weighted by molar-refractivity contribution is 7.15. The number of hydrogen-bond donors (Lipinski definition) is 0. The van der Waals surface area contributed by atoms with Gasteiger partial charge in [0, 0.05) is 22.9 Å². The number of nitrogens with zero attached hydrogens (tertiary/aromatic N) is 5. The molecule has 0 unspecified atom stereocenters. The van der Waals surface area contributed by atoms with Gasteiger partial charge in [0.2, 0.25) is 4.96 Å². The van der Waals surface area contributed by atoms with Crippen molar-refractivity contribution in [3.63, 3.8) is 0 Å². The molecule has 0 saturated heterocycles. The van der Waals surface area contributed by atoms with Gasteiger partial charge in [-0.2, -0.15) is 14.6 Å². The van der Waals surface area contributed by atoms with Crippen LogP contribution in [0.4, 0.5) is 0 Å². The normalized spacial score (nSPS) is 11.9. The van der Waals surface area contributed by atoms with Crippen LogP contribution in [0.3, 0.4) is 0 Å². The molecular weight excluding hydrogens is 522 g/mol. The fraction of sp³-hybridized carbons (Fsp3) is 0.161. The highest BCUT2D eigenvalue weighted by Gasteiger charge is 2.15. The maximum atomic E-state index is 13.4. The largest absolute Gasteiger partial charge is 0.497 e. The molecule has 0 bridgehead atoms. The molecule has 0 radical (unpaired) electrons. The predicted molar refractivity (Wildman–Crippen MR) is 157 cm³/mol. The highest BCUT2D eigenvalue weighted by Crippen LogP contribution is 2.27. The number of thiazole rings is 1. The lowest BCUT2D eigenvalue weighted by molar-refractivity contribution is 0.271. The Bertz CT molecular complexity index is 1870. The van der Waals surface area contributed by atoms with Gasteiger partial charge in [-0.1, -0.05) is 43.4 Å². The number of para-hydroxylation sites is 1. The molecule has 9 heteroatoms. The molecule has 0 saturated carbocycles. The number of rotatable bonds is 8. The second-order valence-corrected chi connectivity index (χ2v) is 10.7. The molecule has 3 aromatic heterocycles. The van der Waals surface area contributed by atoms with E-state index in [0.29, 0.717) is 27.8 Å². The molecule has 0 aliphatic carbocycles. The Balaban J connectivity index is 1.37. The summed E-state index contributed by atoms with van der Waals surface area (Å²) in [5.41, 5.74) is 4.01.